The number of carbonyl (C=O) groups excluding carboxylic acids is 1. The average molecular weight is 283 g/mol. The Bertz CT molecular complexity index is 307. The monoisotopic (exact) mass is 283 g/mol. The van der Waals surface area contributed by atoms with Crippen LogP contribution in [0.3, 0.4) is 0 Å². The Morgan fingerprint density at radius 2 is 1.95 bits per heavy atom. The fraction of sp³-hybridized carbons (Fsp3) is 0.941. The van der Waals surface area contributed by atoms with E-state index in [2.05, 4.69) is 20.8 Å². The number of hydrogen-bond acceptors (Lipinski definition) is 2. The Labute approximate surface area is 125 Å². The average Bonchev–Trinajstić information content (AvgIpc) is 2.25. The number of rotatable bonds is 4. The molecule has 1 saturated heterocycles. The number of carbonyl (C=O) groups is 1. The molecule has 20 heavy (non-hydrogen) atoms. The zero-order valence-electron chi connectivity index (χ0n) is 14.2. The maximum atomic E-state index is 12.4. The summed E-state index contributed by atoms with van der Waals surface area (Å²) in [5.74, 6) is 0.742. The third kappa shape index (κ3) is 5.72. The zero-order valence-corrected chi connectivity index (χ0v) is 14.2. The zero-order chi connectivity index (χ0) is 15.3. The number of nitrogens with zero attached hydrogens (tertiary/aromatic N) is 1. The van der Waals surface area contributed by atoms with Crippen LogP contribution in [-0.4, -0.2) is 28.7 Å². The lowest BCUT2D eigenvalue weighted by Crippen LogP contribution is -2.50. The minimum atomic E-state index is -0.406. The van der Waals surface area contributed by atoms with Crippen LogP contribution < -0.4 is 0 Å². The van der Waals surface area contributed by atoms with E-state index in [1.54, 1.807) is 0 Å². The van der Waals surface area contributed by atoms with Crippen molar-refractivity contribution in [1.82, 2.24) is 4.90 Å². The molecule has 1 rings (SSSR count). The molecule has 0 aromatic rings. The molecule has 0 aromatic carbocycles. The van der Waals surface area contributed by atoms with E-state index in [0.29, 0.717) is 12.1 Å². The Morgan fingerprint density at radius 3 is 2.50 bits per heavy atom. The van der Waals surface area contributed by atoms with Gasteiger partial charge in [-0.2, -0.15) is 0 Å². The van der Waals surface area contributed by atoms with E-state index in [9.17, 15) is 4.79 Å². The number of amides is 1. The molecule has 1 heterocycles. The molecule has 0 saturated carbocycles. The van der Waals surface area contributed by atoms with Crippen LogP contribution in [0.1, 0.15) is 80.1 Å². The van der Waals surface area contributed by atoms with Gasteiger partial charge in [-0.15, -0.1) is 0 Å². The van der Waals surface area contributed by atoms with Crippen molar-refractivity contribution in [2.45, 2.75) is 97.8 Å². The van der Waals surface area contributed by atoms with Crippen LogP contribution in [0.2, 0.25) is 0 Å². The topological polar surface area (TPSA) is 29.5 Å². The van der Waals surface area contributed by atoms with Crippen LogP contribution in [0.4, 0.5) is 4.79 Å². The Hall–Kier alpha value is -0.730. The maximum Gasteiger partial charge on any atom is 0.410 e. The second-order valence-corrected chi connectivity index (χ2v) is 7.65. The SMILES string of the molecule is CC(C)CCCC1CCCC(C)N1C(=O)OC(C)(C)C. The van der Waals surface area contributed by atoms with Gasteiger partial charge in [0.1, 0.15) is 5.60 Å². The summed E-state index contributed by atoms with van der Waals surface area (Å²) in [6.07, 6.45) is 6.89. The van der Waals surface area contributed by atoms with E-state index in [0.717, 1.165) is 25.2 Å². The van der Waals surface area contributed by atoms with Gasteiger partial charge in [-0.1, -0.05) is 26.7 Å². The summed E-state index contributed by atoms with van der Waals surface area (Å²) in [5.41, 5.74) is -0.406. The van der Waals surface area contributed by atoms with Crippen LogP contribution in [0, 0.1) is 5.92 Å². The first-order chi connectivity index (χ1) is 9.20. The molecule has 2 atom stereocenters. The molecule has 3 nitrogen and oxygen atoms in total. The van der Waals surface area contributed by atoms with Crippen molar-refractivity contribution in [3.63, 3.8) is 0 Å². The fourth-order valence-corrected chi connectivity index (χ4v) is 2.98. The van der Waals surface area contributed by atoms with Gasteiger partial charge in [-0.05, 0) is 59.3 Å². The molecular formula is C17H33NO2. The largest absolute Gasteiger partial charge is 0.444 e. The predicted molar refractivity (Wildman–Crippen MR) is 83.9 cm³/mol. The second kappa shape index (κ2) is 7.33. The van der Waals surface area contributed by atoms with Crippen LogP contribution >= 0.6 is 0 Å². The van der Waals surface area contributed by atoms with Gasteiger partial charge in [0.05, 0.1) is 0 Å². The van der Waals surface area contributed by atoms with E-state index in [1.165, 1.54) is 19.3 Å². The van der Waals surface area contributed by atoms with Crippen molar-refractivity contribution in [3.8, 4) is 0 Å². The van der Waals surface area contributed by atoms with Gasteiger partial charge >= 0.3 is 6.09 Å². The van der Waals surface area contributed by atoms with Crippen LogP contribution in [-0.2, 0) is 4.74 Å². The molecule has 118 valence electrons. The predicted octanol–water partition coefficient (Wildman–Crippen LogP) is 4.99. The number of likely N-dealkylation sites (tertiary alicyclic amines) is 1. The number of ether oxygens (including phenoxy) is 1. The quantitative estimate of drug-likeness (QED) is 0.727. The van der Waals surface area contributed by atoms with Gasteiger partial charge in [0, 0.05) is 12.1 Å². The van der Waals surface area contributed by atoms with Gasteiger partial charge in [-0.3, -0.25) is 0 Å². The summed E-state index contributed by atoms with van der Waals surface area (Å²) < 4.78 is 5.59. The van der Waals surface area contributed by atoms with Gasteiger partial charge in [0.2, 0.25) is 0 Å². The molecule has 3 heteroatoms. The van der Waals surface area contributed by atoms with E-state index >= 15 is 0 Å². The molecule has 0 aliphatic carbocycles. The minimum Gasteiger partial charge on any atom is -0.444 e. The molecule has 1 fully saturated rings. The Kier molecular flexibility index (Phi) is 6.35. The van der Waals surface area contributed by atoms with Crippen molar-refractivity contribution in [1.29, 1.82) is 0 Å². The van der Waals surface area contributed by atoms with Gasteiger partial charge in [0.25, 0.3) is 0 Å². The molecule has 0 radical (unpaired) electrons. The van der Waals surface area contributed by atoms with Crippen LogP contribution in [0.25, 0.3) is 0 Å². The van der Waals surface area contributed by atoms with Gasteiger partial charge < -0.3 is 9.64 Å². The third-order valence-corrected chi connectivity index (χ3v) is 3.95. The molecule has 0 N–H and O–H groups in total. The van der Waals surface area contributed by atoms with E-state index < -0.39 is 5.60 Å². The molecule has 1 aliphatic rings. The summed E-state index contributed by atoms with van der Waals surface area (Å²) in [5, 5.41) is 0. The fourth-order valence-electron chi connectivity index (χ4n) is 2.98. The first kappa shape index (κ1) is 17.3. The Morgan fingerprint density at radius 1 is 1.30 bits per heavy atom. The molecule has 0 spiro atoms. The van der Waals surface area contributed by atoms with Crippen molar-refractivity contribution in [2.24, 2.45) is 5.92 Å². The lowest BCUT2D eigenvalue weighted by Gasteiger charge is -2.41. The highest BCUT2D eigenvalue weighted by Gasteiger charge is 2.34. The smallest absolute Gasteiger partial charge is 0.410 e. The van der Waals surface area contributed by atoms with Gasteiger partial charge in [-0.25, -0.2) is 4.79 Å². The first-order valence-corrected chi connectivity index (χ1v) is 8.22. The molecule has 2 unspecified atom stereocenters. The summed E-state index contributed by atoms with van der Waals surface area (Å²) in [6, 6.07) is 0.676. The first-order valence-electron chi connectivity index (χ1n) is 8.22. The lowest BCUT2D eigenvalue weighted by molar-refractivity contribution is -0.00437. The summed E-state index contributed by atoms with van der Waals surface area (Å²) >= 11 is 0. The van der Waals surface area contributed by atoms with Crippen molar-refractivity contribution < 1.29 is 9.53 Å². The van der Waals surface area contributed by atoms with Crippen molar-refractivity contribution >= 4 is 6.09 Å². The van der Waals surface area contributed by atoms with Crippen molar-refractivity contribution in [3.05, 3.63) is 0 Å². The normalized spacial score (nSPS) is 24.1. The van der Waals surface area contributed by atoms with E-state index in [1.807, 2.05) is 25.7 Å². The van der Waals surface area contributed by atoms with Crippen molar-refractivity contribution in [2.75, 3.05) is 0 Å². The summed E-state index contributed by atoms with van der Waals surface area (Å²) in [7, 11) is 0. The second-order valence-electron chi connectivity index (χ2n) is 7.65. The summed E-state index contributed by atoms with van der Waals surface area (Å²) in [4.78, 5) is 14.4. The van der Waals surface area contributed by atoms with E-state index in [4.69, 9.17) is 4.74 Å². The van der Waals surface area contributed by atoms with Crippen LogP contribution in [0.15, 0.2) is 0 Å². The highest BCUT2D eigenvalue weighted by Crippen LogP contribution is 2.28. The minimum absolute atomic E-state index is 0.126. The lowest BCUT2D eigenvalue weighted by atomic mass is 9.92. The molecule has 0 bridgehead atoms. The molecule has 1 amide bonds. The molecule has 0 aromatic heterocycles. The highest BCUT2D eigenvalue weighted by molar-refractivity contribution is 5.69. The van der Waals surface area contributed by atoms with Crippen LogP contribution in [0.5, 0.6) is 0 Å². The third-order valence-electron chi connectivity index (χ3n) is 3.95. The van der Waals surface area contributed by atoms with E-state index in [-0.39, 0.29) is 6.09 Å². The Balaban J connectivity index is 2.62. The molecular weight excluding hydrogens is 250 g/mol. The number of hydrogen-bond donors (Lipinski definition) is 0. The number of piperidine rings is 1. The highest BCUT2D eigenvalue weighted by atomic mass is 16.6. The maximum absolute atomic E-state index is 12.4. The molecule has 1 aliphatic heterocycles. The standard InChI is InChI=1S/C17H33NO2/c1-13(2)9-7-11-15-12-8-10-14(3)18(15)16(19)20-17(4,5)6/h13-15H,7-12H2,1-6H3. The summed E-state index contributed by atoms with van der Waals surface area (Å²) in [6.45, 7) is 12.5. The van der Waals surface area contributed by atoms with Gasteiger partial charge in [0.15, 0.2) is 0 Å².